The largest absolute Gasteiger partial charge is 0.388 e. The lowest BCUT2D eigenvalue weighted by atomic mass is 9.77. The topological polar surface area (TPSA) is 37.3 Å². The Labute approximate surface area is 96.3 Å². The second kappa shape index (κ2) is 4.79. The normalized spacial score (nSPS) is 27.8. The van der Waals surface area contributed by atoms with Crippen LogP contribution in [0.1, 0.15) is 37.9 Å². The van der Waals surface area contributed by atoms with Gasteiger partial charge in [-0.1, -0.05) is 43.7 Å². The highest BCUT2D eigenvalue weighted by Gasteiger charge is 2.33. The summed E-state index contributed by atoms with van der Waals surface area (Å²) in [6.45, 7) is 1.96. The first-order valence-corrected chi connectivity index (χ1v) is 5.97. The number of carbonyl (C=O) groups excluding carboxylic acids is 1. The van der Waals surface area contributed by atoms with Gasteiger partial charge in [0.05, 0.1) is 6.10 Å². The molecule has 0 spiro atoms. The molecule has 2 nitrogen and oxygen atoms in total. The minimum atomic E-state index is -0.628. The standard InChI is InChI=1S/C14H18O2/c1-10-6-5-9-12(13(10)15)14(16)11-7-3-2-4-8-11/h2-4,7-8,10,12,14,16H,5-6,9H2,1H3/t10-,12-,14+/m0/s1. The van der Waals surface area contributed by atoms with E-state index in [1.165, 1.54) is 0 Å². The second-order valence-corrected chi connectivity index (χ2v) is 4.70. The van der Waals surface area contributed by atoms with Crippen LogP contribution in [0.15, 0.2) is 30.3 Å². The summed E-state index contributed by atoms with van der Waals surface area (Å²) < 4.78 is 0. The van der Waals surface area contributed by atoms with Crippen LogP contribution in [0, 0.1) is 11.8 Å². The minimum absolute atomic E-state index is 0.108. The first kappa shape index (κ1) is 11.3. The summed E-state index contributed by atoms with van der Waals surface area (Å²) in [7, 11) is 0. The monoisotopic (exact) mass is 218 g/mol. The SMILES string of the molecule is C[C@H]1CCC[C@H]([C@H](O)c2ccccc2)C1=O. The quantitative estimate of drug-likeness (QED) is 0.828. The van der Waals surface area contributed by atoms with Gasteiger partial charge < -0.3 is 5.11 Å². The van der Waals surface area contributed by atoms with Crippen molar-refractivity contribution in [3.05, 3.63) is 35.9 Å². The summed E-state index contributed by atoms with van der Waals surface area (Å²) in [4.78, 5) is 12.0. The summed E-state index contributed by atoms with van der Waals surface area (Å²) >= 11 is 0. The molecule has 0 heterocycles. The number of carbonyl (C=O) groups is 1. The van der Waals surface area contributed by atoms with E-state index < -0.39 is 6.10 Å². The van der Waals surface area contributed by atoms with E-state index >= 15 is 0 Å². The van der Waals surface area contributed by atoms with Crippen LogP contribution in [0.2, 0.25) is 0 Å². The maximum absolute atomic E-state index is 12.0. The fourth-order valence-electron chi connectivity index (χ4n) is 2.49. The van der Waals surface area contributed by atoms with Crippen molar-refractivity contribution in [3.8, 4) is 0 Å². The number of Topliss-reactive ketones (excluding diaryl/α,β-unsaturated/α-hetero) is 1. The van der Waals surface area contributed by atoms with Crippen molar-refractivity contribution in [2.24, 2.45) is 11.8 Å². The molecule has 1 N–H and O–H groups in total. The molecule has 2 rings (SSSR count). The second-order valence-electron chi connectivity index (χ2n) is 4.70. The molecular formula is C14H18O2. The minimum Gasteiger partial charge on any atom is -0.388 e. The Kier molecular flexibility index (Phi) is 3.39. The fraction of sp³-hybridized carbons (Fsp3) is 0.500. The molecular weight excluding hydrogens is 200 g/mol. The van der Waals surface area contributed by atoms with E-state index in [9.17, 15) is 9.90 Å². The van der Waals surface area contributed by atoms with E-state index in [0.29, 0.717) is 0 Å². The number of ketones is 1. The molecule has 1 aromatic rings. The molecule has 86 valence electrons. The Hall–Kier alpha value is -1.15. The van der Waals surface area contributed by atoms with Crippen molar-refractivity contribution < 1.29 is 9.90 Å². The van der Waals surface area contributed by atoms with Gasteiger partial charge in [-0.25, -0.2) is 0 Å². The first-order chi connectivity index (χ1) is 7.70. The lowest BCUT2D eigenvalue weighted by molar-refractivity contribution is -0.132. The molecule has 1 aliphatic carbocycles. The van der Waals surface area contributed by atoms with Gasteiger partial charge in [-0.05, 0) is 18.4 Å². The number of aliphatic hydroxyl groups is 1. The molecule has 1 aliphatic rings. The summed E-state index contributed by atoms with van der Waals surface area (Å²) in [5.41, 5.74) is 0.856. The number of aliphatic hydroxyl groups excluding tert-OH is 1. The van der Waals surface area contributed by atoms with Crippen LogP contribution in [0.25, 0.3) is 0 Å². The average molecular weight is 218 g/mol. The molecule has 0 unspecified atom stereocenters. The van der Waals surface area contributed by atoms with Crippen LogP contribution in [0.4, 0.5) is 0 Å². The van der Waals surface area contributed by atoms with E-state index in [-0.39, 0.29) is 17.6 Å². The van der Waals surface area contributed by atoms with Gasteiger partial charge in [0.25, 0.3) is 0 Å². The van der Waals surface area contributed by atoms with Crippen molar-refractivity contribution in [1.29, 1.82) is 0 Å². The molecule has 0 aromatic heterocycles. The molecule has 3 atom stereocenters. The maximum Gasteiger partial charge on any atom is 0.141 e. The number of rotatable bonds is 2. The van der Waals surface area contributed by atoms with Gasteiger partial charge in [0, 0.05) is 11.8 Å². The Morgan fingerprint density at radius 2 is 1.94 bits per heavy atom. The van der Waals surface area contributed by atoms with Crippen molar-refractivity contribution in [2.45, 2.75) is 32.3 Å². The zero-order chi connectivity index (χ0) is 11.5. The van der Waals surface area contributed by atoms with Gasteiger partial charge in [-0.2, -0.15) is 0 Å². The Balaban J connectivity index is 2.15. The van der Waals surface area contributed by atoms with Crippen LogP contribution in [-0.4, -0.2) is 10.9 Å². The van der Waals surface area contributed by atoms with E-state index in [2.05, 4.69) is 0 Å². The Bertz CT molecular complexity index is 358. The Morgan fingerprint density at radius 3 is 2.62 bits per heavy atom. The predicted octanol–water partition coefficient (Wildman–Crippen LogP) is 2.73. The molecule has 1 fully saturated rings. The number of benzene rings is 1. The molecule has 0 bridgehead atoms. The molecule has 0 amide bonds. The lowest BCUT2D eigenvalue weighted by Crippen LogP contribution is -2.31. The molecule has 2 heteroatoms. The fourth-order valence-corrected chi connectivity index (χ4v) is 2.49. The van der Waals surface area contributed by atoms with E-state index in [4.69, 9.17) is 0 Å². The third-order valence-corrected chi connectivity index (χ3v) is 3.53. The highest BCUT2D eigenvalue weighted by atomic mass is 16.3. The summed E-state index contributed by atoms with van der Waals surface area (Å²) in [5.74, 6) is 0.130. The third kappa shape index (κ3) is 2.17. The van der Waals surface area contributed by atoms with Gasteiger partial charge >= 0.3 is 0 Å². The van der Waals surface area contributed by atoms with Gasteiger partial charge in [0.15, 0.2) is 0 Å². The average Bonchev–Trinajstić information content (AvgIpc) is 2.33. The van der Waals surface area contributed by atoms with Gasteiger partial charge in [-0.15, -0.1) is 0 Å². The summed E-state index contributed by atoms with van der Waals surface area (Å²) in [6.07, 6.45) is 2.20. The van der Waals surface area contributed by atoms with Crippen LogP contribution >= 0.6 is 0 Å². The molecule has 1 saturated carbocycles. The van der Waals surface area contributed by atoms with Crippen molar-refractivity contribution in [2.75, 3.05) is 0 Å². The van der Waals surface area contributed by atoms with Crippen molar-refractivity contribution >= 4 is 5.78 Å². The van der Waals surface area contributed by atoms with Crippen LogP contribution in [0.3, 0.4) is 0 Å². The van der Waals surface area contributed by atoms with E-state index in [1.807, 2.05) is 37.3 Å². The number of hydrogen-bond acceptors (Lipinski definition) is 2. The highest BCUT2D eigenvalue weighted by molar-refractivity contribution is 5.84. The smallest absolute Gasteiger partial charge is 0.141 e. The highest BCUT2D eigenvalue weighted by Crippen LogP contribution is 2.34. The lowest BCUT2D eigenvalue weighted by Gasteiger charge is -2.29. The third-order valence-electron chi connectivity index (χ3n) is 3.53. The number of hydrogen-bond donors (Lipinski definition) is 1. The molecule has 0 radical (unpaired) electrons. The molecule has 1 aromatic carbocycles. The van der Waals surface area contributed by atoms with Crippen LogP contribution in [-0.2, 0) is 4.79 Å². The van der Waals surface area contributed by atoms with Crippen molar-refractivity contribution in [3.63, 3.8) is 0 Å². The Morgan fingerprint density at radius 1 is 1.25 bits per heavy atom. The predicted molar refractivity (Wildman–Crippen MR) is 62.9 cm³/mol. The molecule has 0 aliphatic heterocycles. The molecule has 0 saturated heterocycles. The van der Waals surface area contributed by atoms with E-state index in [1.54, 1.807) is 0 Å². The maximum atomic E-state index is 12.0. The summed E-state index contributed by atoms with van der Waals surface area (Å²) in [6, 6.07) is 9.49. The molecule has 16 heavy (non-hydrogen) atoms. The van der Waals surface area contributed by atoms with Crippen LogP contribution < -0.4 is 0 Å². The van der Waals surface area contributed by atoms with Gasteiger partial charge in [0.2, 0.25) is 0 Å². The first-order valence-electron chi connectivity index (χ1n) is 5.97. The zero-order valence-electron chi connectivity index (χ0n) is 9.60. The zero-order valence-corrected chi connectivity index (χ0v) is 9.60. The van der Waals surface area contributed by atoms with E-state index in [0.717, 1.165) is 24.8 Å². The summed E-state index contributed by atoms with van der Waals surface area (Å²) in [5, 5.41) is 10.2. The van der Waals surface area contributed by atoms with Crippen molar-refractivity contribution in [1.82, 2.24) is 0 Å². The van der Waals surface area contributed by atoms with Crippen LogP contribution in [0.5, 0.6) is 0 Å². The van der Waals surface area contributed by atoms with Gasteiger partial charge in [0.1, 0.15) is 5.78 Å². The van der Waals surface area contributed by atoms with Gasteiger partial charge in [-0.3, -0.25) is 4.79 Å².